The molecule has 0 spiro atoms. The molecule has 0 bridgehead atoms. The van der Waals surface area contributed by atoms with Crippen LogP contribution in [0.2, 0.25) is 0 Å². The first kappa shape index (κ1) is 23.9. The first-order chi connectivity index (χ1) is 17.8. The van der Waals surface area contributed by atoms with Gasteiger partial charge in [-0.05, 0) is 69.5 Å². The topological polar surface area (TPSA) is 113 Å². The highest BCUT2D eigenvalue weighted by atomic mass is 32.1. The highest BCUT2D eigenvalue weighted by Gasteiger charge is 2.44. The quantitative estimate of drug-likeness (QED) is 0.529. The Labute approximate surface area is 217 Å². The molecule has 10 heteroatoms. The zero-order chi connectivity index (χ0) is 25.8. The van der Waals surface area contributed by atoms with Gasteiger partial charge >= 0.3 is 0 Å². The molecule has 0 aliphatic carbocycles. The zero-order valence-corrected chi connectivity index (χ0v) is 21.6. The van der Waals surface area contributed by atoms with Gasteiger partial charge in [0, 0.05) is 29.1 Å². The van der Waals surface area contributed by atoms with Crippen LogP contribution in [0, 0.1) is 13.8 Å². The van der Waals surface area contributed by atoms with Crippen molar-refractivity contribution in [2.45, 2.75) is 58.0 Å². The summed E-state index contributed by atoms with van der Waals surface area (Å²) in [5, 5.41) is 3.44. The summed E-state index contributed by atoms with van der Waals surface area (Å²) in [5.41, 5.74) is 4.03. The van der Waals surface area contributed by atoms with Gasteiger partial charge in [0.1, 0.15) is 17.2 Å². The van der Waals surface area contributed by atoms with E-state index in [0.717, 1.165) is 46.9 Å². The van der Waals surface area contributed by atoms with Crippen molar-refractivity contribution in [1.29, 1.82) is 0 Å². The van der Waals surface area contributed by atoms with Crippen LogP contribution in [-0.4, -0.2) is 62.5 Å². The normalized spacial score (nSPS) is 21.1. The minimum Gasteiger partial charge on any atom is -0.299 e. The largest absolute Gasteiger partial charge is 0.299 e. The second-order valence-corrected chi connectivity index (χ2v) is 11.3. The molecular weight excluding hydrogens is 490 g/mol. The van der Waals surface area contributed by atoms with Crippen LogP contribution in [0.3, 0.4) is 0 Å². The fourth-order valence-electron chi connectivity index (χ4n) is 5.76. The number of carbonyl (C=O) groups is 4. The van der Waals surface area contributed by atoms with E-state index in [1.807, 2.05) is 6.07 Å². The van der Waals surface area contributed by atoms with Crippen LogP contribution in [0.25, 0.3) is 10.2 Å². The van der Waals surface area contributed by atoms with Crippen LogP contribution < -0.4 is 5.32 Å². The number of amides is 4. The maximum Gasteiger partial charge on any atom is 0.262 e. The number of likely N-dealkylation sites (tertiary alicyclic amines) is 1. The summed E-state index contributed by atoms with van der Waals surface area (Å²) >= 11 is 1.73. The predicted octanol–water partition coefficient (Wildman–Crippen LogP) is 3.09. The second-order valence-electron chi connectivity index (χ2n) is 10.1. The number of piperidine rings is 2. The molecule has 1 aromatic carbocycles. The van der Waals surface area contributed by atoms with E-state index in [4.69, 9.17) is 0 Å². The Hall–Kier alpha value is -3.50. The van der Waals surface area contributed by atoms with Crippen molar-refractivity contribution >= 4 is 45.2 Å². The predicted molar refractivity (Wildman–Crippen MR) is 137 cm³/mol. The Bertz CT molecular complexity index is 1470. The van der Waals surface area contributed by atoms with Gasteiger partial charge in [-0.1, -0.05) is 6.07 Å². The third kappa shape index (κ3) is 4.04. The third-order valence-electron chi connectivity index (χ3n) is 7.88. The average Bonchev–Trinajstić information content (AvgIpc) is 3.31. The van der Waals surface area contributed by atoms with Gasteiger partial charge in [0.2, 0.25) is 11.8 Å². The van der Waals surface area contributed by atoms with E-state index in [1.54, 1.807) is 29.8 Å². The van der Waals surface area contributed by atoms with Gasteiger partial charge in [-0.2, -0.15) is 0 Å². The molecule has 1 atom stereocenters. The average molecular weight is 518 g/mol. The minimum atomic E-state index is -0.948. The van der Waals surface area contributed by atoms with Crippen LogP contribution in [-0.2, 0) is 16.1 Å². The summed E-state index contributed by atoms with van der Waals surface area (Å²) in [4.78, 5) is 64.7. The van der Waals surface area contributed by atoms with Crippen molar-refractivity contribution in [3.05, 3.63) is 57.4 Å². The first-order valence-corrected chi connectivity index (χ1v) is 13.4. The van der Waals surface area contributed by atoms with Crippen molar-refractivity contribution in [3.63, 3.8) is 0 Å². The number of fused-ring (bicyclic) bond motifs is 2. The highest BCUT2D eigenvalue weighted by Crippen LogP contribution is 2.37. The zero-order valence-electron chi connectivity index (χ0n) is 20.7. The SMILES string of the molecule is Cc1sc2ncnc(C3CCN(Cc4ccc5c(c4)C(=O)N(C4CCC(=O)NC4=O)C5=O)CC3)c2c1C. The standard InChI is InChI=1S/C27H27N5O4S/c1-14-15(2)37-25-22(14)23(28-13-29-25)17-7-9-31(10-8-17)12-16-3-4-18-19(11-16)27(36)32(26(18)35)20-5-6-21(33)30-24(20)34/h3-4,11,13,17,20H,5-10,12H2,1-2H3,(H,30,33,34). The Balaban J connectivity index is 1.14. The molecule has 1 unspecified atom stereocenters. The molecule has 0 radical (unpaired) electrons. The summed E-state index contributed by atoms with van der Waals surface area (Å²) in [7, 11) is 0. The number of aryl methyl sites for hydroxylation is 2. The molecule has 5 heterocycles. The van der Waals surface area contributed by atoms with E-state index in [-0.39, 0.29) is 18.7 Å². The van der Waals surface area contributed by atoms with Gasteiger partial charge in [-0.25, -0.2) is 9.97 Å². The maximum absolute atomic E-state index is 13.1. The minimum absolute atomic E-state index is 0.108. The lowest BCUT2D eigenvalue weighted by molar-refractivity contribution is -0.136. The van der Waals surface area contributed by atoms with E-state index >= 15 is 0 Å². The number of nitrogens with zero attached hydrogens (tertiary/aromatic N) is 4. The molecule has 0 saturated carbocycles. The second kappa shape index (κ2) is 9.11. The molecule has 3 aromatic rings. The molecule has 1 N–H and O–H groups in total. The first-order valence-electron chi connectivity index (χ1n) is 12.6. The molecule has 2 aromatic heterocycles. The van der Waals surface area contributed by atoms with Crippen molar-refractivity contribution in [1.82, 2.24) is 25.1 Å². The van der Waals surface area contributed by atoms with Crippen LogP contribution in [0.5, 0.6) is 0 Å². The Morgan fingerprint density at radius 1 is 1.00 bits per heavy atom. The van der Waals surface area contributed by atoms with Gasteiger partial charge in [-0.3, -0.25) is 34.3 Å². The molecule has 37 heavy (non-hydrogen) atoms. The Morgan fingerprint density at radius 3 is 2.51 bits per heavy atom. The van der Waals surface area contributed by atoms with Crippen LogP contribution >= 0.6 is 11.3 Å². The number of aromatic nitrogens is 2. The number of benzene rings is 1. The number of nitrogens with one attached hydrogen (secondary N) is 1. The van der Waals surface area contributed by atoms with Crippen LogP contribution in [0.15, 0.2) is 24.5 Å². The van der Waals surface area contributed by atoms with Gasteiger partial charge in [0.25, 0.3) is 11.8 Å². The van der Waals surface area contributed by atoms with E-state index in [0.29, 0.717) is 23.6 Å². The fraction of sp³-hybridized carbons (Fsp3) is 0.407. The summed E-state index contributed by atoms with van der Waals surface area (Å²) in [6.45, 7) is 6.77. The van der Waals surface area contributed by atoms with Crippen LogP contribution in [0.4, 0.5) is 0 Å². The molecule has 9 nitrogen and oxygen atoms in total. The molecule has 6 rings (SSSR count). The van der Waals surface area contributed by atoms with Gasteiger partial charge < -0.3 is 0 Å². The fourth-order valence-corrected chi connectivity index (χ4v) is 6.76. The lowest BCUT2D eigenvalue weighted by Gasteiger charge is -2.32. The number of rotatable bonds is 4. The lowest BCUT2D eigenvalue weighted by Crippen LogP contribution is -2.54. The molecule has 2 fully saturated rings. The Kier molecular flexibility index (Phi) is 5.88. The van der Waals surface area contributed by atoms with Crippen molar-refractivity contribution < 1.29 is 19.2 Å². The number of hydrogen-bond donors (Lipinski definition) is 1. The third-order valence-corrected chi connectivity index (χ3v) is 8.99. The van der Waals surface area contributed by atoms with Gasteiger partial charge in [-0.15, -0.1) is 11.3 Å². The molecule has 2 saturated heterocycles. The summed E-state index contributed by atoms with van der Waals surface area (Å²) < 4.78 is 0. The van der Waals surface area contributed by atoms with Crippen molar-refractivity contribution in [2.24, 2.45) is 0 Å². The monoisotopic (exact) mass is 517 g/mol. The van der Waals surface area contributed by atoms with E-state index in [9.17, 15) is 19.2 Å². The van der Waals surface area contributed by atoms with Crippen molar-refractivity contribution in [3.8, 4) is 0 Å². The molecule has 3 aliphatic rings. The van der Waals surface area contributed by atoms with E-state index < -0.39 is 23.8 Å². The molecule has 190 valence electrons. The summed E-state index contributed by atoms with van der Waals surface area (Å²) in [6.07, 6.45) is 3.93. The molecule has 3 aliphatic heterocycles. The number of imide groups is 2. The van der Waals surface area contributed by atoms with E-state index in [1.165, 1.54) is 15.8 Å². The lowest BCUT2D eigenvalue weighted by atomic mass is 9.90. The Morgan fingerprint density at radius 2 is 1.76 bits per heavy atom. The number of hydrogen-bond acceptors (Lipinski definition) is 8. The summed E-state index contributed by atoms with van der Waals surface area (Å²) in [5.74, 6) is -1.53. The molecular formula is C27H27N5O4S. The highest BCUT2D eigenvalue weighted by molar-refractivity contribution is 7.18. The maximum atomic E-state index is 13.1. The summed E-state index contributed by atoms with van der Waals surface area (Å²) in [6, 6.07) is 4.40. The number of carbonyl (C=O) groups excluding carboxylic acids is 4. The van der Waals surface area contributed by atoms with Crippen molar-refractivity contribution in [2.75, 3.05) is 13.1 Å². The number of thiophene rings is 1. The van der Waals surface area contributed by atoms with E-state index in [2.05, 4.69) is 34.0 Å². The van der Waals surface area contributed by atoms with Gasteiger partial charge in [0.05, 0.1) is 16.8 Å². The van der Waals surface area contributed by atoms with Crippen LogP contribution in [0.1, 0.15) is 74.0 Å². The van der Waals surface area contributed by atoms with Gasteiger partial charge in [0.15, 0.2) is 0 Å². The molecule has 4 amide bonds. The smallest absolute Gasteiger partial charge is 0.262 e.